The van der Waals surface area contributed by atoms with Crippen molar-refractivity contribution in [1.82, 2.24) is 4.98 Å². The second-order valence-electron chi connectivity index (χ2n) is 6.19. The van der Waals surface area contributed by atoms with Crippen LogP contribution in [0.15, 0.2) is 48.7 Å². The maximum Gasteiger partial charge on any atom is 0.416 e. The van der Waals surface area contributed by atoms with E-state index in [-0.39, 0.29) is 17.5 Å². The summed E-state index contributed by atoms with van der Waals surface area (Å²) in [7, 11) is 0. The van der Waals surface area contributed by atoms with E-state index in [0.29, 0.717) is 22.7 Å². The molecule has 0 aliphatic carbocycles. The second kappa shape index (κ2) is 7.86. The van der Waals surface area contributed by atoms with E-state index in [1.165, 1.54) is 30.5 Å². The van der Waals surface area contributed by atoms with E-state index in [1.807, 2.05) is 0 Å². The van der Waals surface area contributed by atoms with Crippen molar-refractivity contribution in [1.29, 1.82) is 0 Å². The van der Waals surface area contributed by atoms with Crippen molar-refractivity contribution in [2.75, 3.05) is 5.32 Å². The lowest BCUT2D eigenvalue weighted by atomic mass is 9.99. The summed E-state index contributed by atoms with van der Waals surface area (Å²) in [5.41, 5.74) is 4.88. The highest BCUT2D eigenvalue weighted by Gasteiger charge is 2.31. The number of benzene rings is 2. The Morgan fingerprint density at radius 2 is 1.86 bits per heavy atom. The molecule has 0 atom stereocenters. The number of nitrogens with one attached hydrogen (secondary N) is 1. The average Bonchev–Trinajstić information content (AvgIpc) is 2.65. The fraction of sp³-hybridized carbons (Fsp3) is 0.100. The molecule has 0 aliphatic heterocycles. The third kappa shape index (κ3) is 4.87. The van der Waals surface area contributed by atoms with Crippen LogP contribution in [-0.2, 0) is 17.4 Å². The second-order valence-corrected chi connectivity index (χ2v) is 6.19. The largest absolute Gasteiger partial charge is 0.416 e. The standard InChI is InChI=1S/C20H14F4N3O2/c21-14-4-5-17-12(7-14)8-15(10-26-17)27-18(28)6-2-11-1-3-13(20(22,23)24)9-16(11)19(25)29/h1,3-10H,2H2,(H2,25,29)(H,27,28). The van der Waals surface area contributed by atoms with Crippen molar-refractivity contribution in [3.63, 3.8) is 0 Å². The first kappa shape index (κ1) is 20.2. The maximum absolute atomic E-state index is 13.3. The first-order valence-electron chi connectivity index (χ1n) is 8.33. The van der Waals surface area contributed by atoms with Crippen LogP contribution in [-0.4, -0.2) is 16.8 Å². The number of rotatable bonds is 5. The Morgan fingerprint density at radius 1 is 1.10 bits per heavy atom. The third-order valence-corrected chi connectivity index (χ3v) is 4.12. The van der Waals surface area contributed by atoms with Crippen molar-refractivity contribution < 1.29 is 27.2 Å². The third-order valence-electron chi connectivity index (χ3n) is 4.12. The fourth-order valence-corrected chi connectivity index (χ4v) is 2.73. The zero-order chi connectivity index (χ0) is 21.2. The van der Waals surface area contributed by atoms with Crippen molar-refractivity contribution in [2.45, 2.75) is 12.6 Å². The number of halogens is 4. The van der Waals surface area contributed by atoms with Crippen molar-refractivity contribution in [3.8, 4) is 0 Å². The number of carbonyl (C=O) groups is 2. The van der Waals surface area contributed by atoms with Gasteiger partial charge in [0.1, 0.15) is 5.82 Å². The smallest absolute Gasteiger partial charge is 0.366 e. The molecule has 2 amide bonds. The minimum absolute atomic E-state index is 0.113. The molecule has 1 aromatic heterocycles. The van der Waals surface area contributed by atoms with E-state index in [1.54, 1.807) is 0 Å². The summed E-state index contributed by atoms with van der Waals surface area (Å²) in [6.07, 6.45) is -2.19. The molecule has 3 aromatic rings. The Kier molecular flexibility index (Phi) is 5.49. The molecule has 149 valence electrons. The van der Waals surface area contributed by atoms with Gasteiger partial charge in [-0.1, -0.05) is 6.07 Å². The van der Waals surface area contributed by atoms with Crippen LogP contribution < -0.4 is 11.1 Å². The molecule has 0 fully saturated rings. The van der Waals surface area contributed by atoms with Gasteiger partial charge < -0.3 is 11.1 Å². The normalized spacial score (nSPS) is 11.4. The molecule has 0 bridgehead atoms. The molecular formula is C20H14F4N3O2. The molecular weight excluding hydrogens is 390 g/mol. The van der Waals surface area contributed by atoms with Crippen molar-refractivity contribution in [2.24, 2.45) is 5.73 Å². The van der Waals surface area contributed by atoms with Crippen LogP contribution in [0, 0.1) is 12.2 Å². The molecule has 0 aliphatic rings. The predicted octanol–water partition coefficient (Wildman–Crippen LogP) is 3.88. The number of amides is 2. The molecule has 9 heteroatoms. The zero-order valence-corrected chi connectivity index (χ0v) is 14.8. The van der Waals surface area contributed by atoms with E-state index in [2.05, 4.69) is 10.3 Å². The number of anilines is 1. The Bertz CT molecular complexity index is 1100. The van der Waals surface area contributed by atoms with E-state index in [0.717, 1.165) is 18.6 Å². The summed E-state index contributed by atoms with van der Waals surface area (Å²) < 4.78 is 51.7. The SMILES string of the molecule is NC(=O)c1cc(C(F)(F)F)ccc1C[CH]C(=O)Nc1cnc2ccc(F)cc2c1. The van der Waals surface area contributed by atoms with Gasteiger partial charge in [-0.2, -0.15) is 13.2 Å². The van der Waals surface area contributed by atoms with Gasteiger partial charge in [0.05, 0.1) is 29.4 Å². The van der Waals surface area contributed by atoms with Crippen LogP contribution in [0.2, 0.25) is 0 Å². The van der Waals surface area contributed by atoms with E-state index >= 15 is 0 Å². The van der Waals surface area contributed by atoms with Gasteiger partial charge in [-0.25, -0.2) is 4.39 Å². The Hall–Kier alpha value is -3.49. The Balaban J connectivity index is 1.71. The minimum Gasteiger partial charge on any atom is -0.366 e. The summed E-state index contributed by atoms with van der Waals surface area (Å²) in [4.78, 5) is 27.7. The number of pyridine rings is 1. The Labute approximate surface area is 162 Å². The van der Waals surface area contributed by atoms with Crippen LogP contribution in [0.1, 0.15) is 21.5 Å². The van der Waals surface area contributed by atoms with Crippen LogP contribution in [0.5, 0.6) is 0 Å². The lowest BCUT2D eigenvalue weighted by molar-refractivity contribution is -0.137. The zero-order valence-electron chi connectivity index (χ0n) is 14.8. The number of alkyl halides is 3. The molecule has 3 N–H and O–H groups in total. The first-order chi connectivity index (χ1) is 13.6. The van der Waals surface area contributed by atoms with Crippen LogP contribution in [0.4, 0.5) is 23.2 Å². The molecule has 1 radical (unpaired) electrons. The van der Waals surface area contributed by atoms with Gasteiger partial charge in [0, 0.05) is 10.9 Å². The van der Waals surface area contributed by atoms with Gasteiger partial charge in [0.15, 0.2) is 0 Å². The topological polar surface area (TPSA) is 85.1 Å². The lowest BCUT2D eigenvalue weighted by Gasteiger charge is -2.12. The van der Waals surface area contributed by atoms with Gasteiger partial charge in [0.2, 0.25) is 11.8 Å². The molecule has 2 aromatic carbocycles. The number of fused-ring (bicyclic) bond motifs is 1. The van der Waals surface area contributed by atoms with Gasteiger partial charge in [-0.05, 0) is 48.4 Å². The van der Waals surface area contributed by atoms with Crippen LogP contribution >= 0.6 is 0 Å². The number of hydrogen-bond acceptors (Lipinski definition) is 3. The maximum atomic E-state index is 13.3. The average molecular weight is 404 g/mol. The van der Waals surface area contributed by atoms with E-state index < -0.39 is 29.4 Å². The van der Waals surface area contributed by atoms with Gasteiger partial charge in [0.25, 0.3) is 0 Å². The Morgan fingerprint density at radius 3 is 2.55 bits per heavy atom. The molecule has 5 nitrogen and oxygen atoms in total. The molecule has 3 rings (SSSR count). The summed E-state index contributed by atoms with van der Waals surface area (Å²) in [6, 6.07) is 8.14. The van der Waals surface area contributed by atoms with Crippen LogP contribution in [0.25, 0.3) is 10.9 Å². The quantitative estimate of drug-likeness (QED) is 0.633. The number of aromatic nitrogens is 1. The highest BCUT2D eigenvalue weighted by atomic mass is 19.4. The number of primary amides is 1. The van der Waals surface area contributed by atoms with Crippen LogP contribution in [0.3, 0.4) is 0 Å². The van der Waals surface area contributed by atoms with Gasteiger partial charge >= 0.3 is 6.18 Å². The van der Waals surface area contributed by atoms with Gasteiger partial charge in [-0.3, -0.25) is 14.6 Å². The highest BCUT2D eigenvalue weighted by molar-refractivity contribution is 5.99. The molecule has 0 saturated carbocycles. The predicted molar refractivity (Wildman–Crippen MR) is 98.3 cm³/mol. The fourth-order valence-electron chi connectivity index (χ4n) is 2.73. The van der Waals surface area contributed by atoms with Crippen molar-refractivity contribution >= 4 is 28.4 Å². The highest BCUT2D eigenvalue weighted by Crippen LogP contribution is 2.30. The van der Waals surface area contributed by atoms with Crippen molar-refractivity contribution in [3.05, 3.63) is 77.6 Å². The molecule has 0 spiro atoms. The van der Waals surface area contributed by atoms with Gasteiger partial charge in [-0.15, -0.1) is 0 Å². The number of hydrogen-bond donors (Lipinski definition) is 2. The molecule has 0 unspecified atom stereocenters. The number of nitrogens with two attached hydrogens (primary N) is 1. The summed E-state index contributed by atoms with van der Waals surface area (Å²) in [5, 5.41) is 3.02. The molecule has 29 heavy (non-hydrogen) atoms. The lowest BCUT2D eigenvalue weighted by Crippen LogP contribution is -2.18. The first-order valence-corrected chi connectivity index (χ1v) is 8.33. The molecule has 1 heterocycles. The summed E-state index contributed by atoms with van der Waals surface area (Å²) >= 11 is 0. The number of carbonyl (C=O) groups excluding carboxylic acids is 2. The minimum atomic E-state index is -4.62. The summed E-state index contributed by atoms with van der Waals surface area (Å²) in [5.74, 6) is -2.05. The summed E-state index contributed by atoms with van der Waals surface area (Å²) in [6.45, 7) is 0. The van der Waals surface area contributed by atoms with E-state index in [9.17, 15) is 27.2 Å². The number of nitrogens with zero attached hydrogens (tertiary/aromatic N) is 1. The molecule has 0 saturated heterocycles. The van der Waals surface area contributed by atoms with E-state index in [4.69, 9.17) is 5.73 Å². The monoisotopic (exact) mass is 404 g/mol.